The summed E-state index contributed by atoms with van der Waals surface area (Å²) in [7, 11) is 0. The van der Waals surface area contributed by atoms with Crippen molar-refractivity contribution < 1.29 is 14.6 Å². The summed E-state index contributed by atoms with van der Waals surface area (Å²) in [6.07, 6.45) is 4.18. The maximum atomic E-state index is 12.1. The third kappa shape index (κ3) is 2.97. The fraction of sp³-hybridized carbons (Fsp3) is 0.105. The molecule has 4 heteroatoms. The van der Waals surface area contributed by atoms with Crippen molar-refractivity contribution in [3.8, 4) is 11.5 Å². The van der Waals surface area contributed by atoms with Gasteiger partial charge in [-0.05, 0) is 18.9 Å². The van der Waals surface area contributed by atoms with E-state index in [1.807, 2.05) is 42.5 Å². The van der Waals surface area contributed by atoms with E-state index in [0.29, 0.717) is 17.7 Å². The van der Waals surface area contributed by atoms with Crippen LogP contribution < -0.4 is 5.43 Å². The molecule has 0 atom stereocenters. The Morgan fingerprint density at radius 3 is 2.57 bits per heavy atom. The van der Waals surface area contributed by atoms with Gasteiger partial charge in [0.05, 0.1) is 0 Å². The largest absolute Gasteiger partial charge is 0.507 e. The van der Waals surface area contributed by atoms with Crippen molar-refractivity contribution in [2.24, 2.45) is 0 Å². The second-order valence-electron chi connectivity index (χ2n) is 5.34. The lowest BCUT2D eigenvalue weighted by molar-refractivity contribution is 0.447. The maximum absolute atomic E-state index is 12.1. The Morgan fingerprint density at radius 1 is 1.09 bits per heavy atom. The first-order valence-electron chi connectivity index (χ1n) is 7.26. The Labute approximate surface area is 132 Å². The average Bonchev–Trinajstić information content (AvgIpc) is 2.50. The van der Waals surface area contributed by atoms with Gasteiger partial charge in [-0.15, -0.1) is 0 Å². The summed E-state index contributed by atoms with van der Waals surface area (Å²) in [6.45, 7) is 1.66. The highest BCUT2D eigenvalue weighted by molar-refractivity contribution is 5.88. The highest BCUT2D eigenvalue weighted by atomic mass is 16.3. The summed E-state index contributed by atoms with van der Waals surface area (Å²) < 4.78 is 5.58. The third-order valence-corrected chi connectivity index (χ3v) is 3.62. The minimum absolute atomic E-state index is 0.0940. The number of aryl methyl sites for hydroxylation is 1. The Balaban J connectivity index is 2.07. The van der Waals surface area contributed by atoms with Gasteiger partial charge in [-0.2, -0.15) is 0 Å². The summed E-state index contributed by atoms with van der Waals surface area (Å²) in [6, 6.07) is 12.3. The molecule has 23 heavy (non-hydrogen) atoms. The number of allylic oxidation sites excluding steroid dienone is 1. The van der Waals surface area contributed by atoms with Crippen LogP contribution in [0, 0.1) is 6.92 Å². The van der Waals surface area contributed by atoms with Gasteiger partial charge < -0.3 is 14.6 Å². The number of benzene rings is 2. The molecule has 0 aliphatic rings. The average molecular weight is 308 g/mol. The third-order valence-electron chi connectivity index (χ3n) is 3.62. The number of hydrogen-bond acceptors (Lipinski definition) is 4. The molecule has 3 aromatic rings. The van der Waals surface area contributed by atoms with Crippen molar-refractivity contribution in [2.45, 2.75) is 13.3 Å². The van der Waals surface area contributed by atoms with E-state index in [4.69, 9.17) is 4.42 Å². The Hall–Kier alpha value is -3.01. The van der Waals surface area contributed by atoms with Gasteiger partial charge in [-0.1, -0.05) is 42.5 Å². The quantitative estimate of drug-likeness (QED) is 0.772. The van der Waals surface area contributed by atoms with Crippen LogP contribution in [0.25, 0.3) is 17.0 Å². The molecule has 0 radical (unpaired) electrons. The Kier molecular flexibility index (Phi) is 3.89. The van der Waals surface area contributed by atoms with E-state index in [1.54, 1.807) is 6.92 Å². The van der Waals surface area contributed by atoms with Gasteiger partial charge in [0.1, 0.15) is 28.2 Å². The lowest BCUT2D eigenvalue weighted by atomic mass is 10.0. The van der Waals surface area contributed by atoms with Crippen LogP contribution in [0.2, 0.25) is 0 Å². The molecular formula is C19H16O4. The Morgan fingerprint density at radius 2 is 1.83 bits per heavy atom. The molecule has 0 saturated carbocycles. The van der Waals surface area contributed by atoms with Crippen LogP contribution >= 0.6 is 0 Å². The monoisotopic (exact) mass is 308 g/mol. The molecule has 0 aliphatic heterocycles. The van der Waals surface area contributed by atoms with Crippen molar-refractivity contribution in [1.82, 2.24) is 0 Å². The van der Waals surface area contributed by atoms with Crippen molar-refractivity contribution in [1.29, 1.82) is 0 Å². The van der Waals surface area contributed by atoms with Crippen LogP contribution in [0.15, 0.2) is 57.8 Å². The van der Waals surface area contributed by atoms with Crippen LogP contribution in [-0.4, -0.2) is 10.2 Å². The van der Waals surface area contributed by atoms with Gasteiger partial charge in [-0.3, -0.25) is 4.79 Å². The molecule has 0 spiro atoms. The normalized spacial score (nSPS) is 11.3. The first kappa shape index (κ1) is 14.9. The number of phenolic OH excluding ortho intramolecular Hbond substituents is 2. The van der Waals surface area contributed by atoms with Gasteiger partial charge in [0.2, 0.25) is 0 Å². The number of fused-ring (bicyclic) bond motifs is 1. The van der Waals surface area contributed by atoms with Gasteiger partial charge >= 0.3 is 0 Å². The van der Waals surface area contributed by atoms with Gasteiger partial charge in [0.15, 0.2) is 5.43 Å². The zero-order chi connectivity index (χ0) is 16.4. The van der Waals surface area contributed by atoms with E-state index in [0.717, 1.165) is 5.56 Å². The van der Waals surface area contributed by atoms with Gasteiger partial charge in [0.25, 0.3) is 0 Å². The minimum Gasteiger partial charge on any atom is -0.507 e. The molecule has 1 heterocycles. The van der Waals surface area contributed by atoms with Gasteiger partial charge in [0, 0.05) is 17.7 Å². The van der Waals surface area contributed by atoms with E-state index in [9.17, 15) is 15.0 Å². The van der Waals surface area contributed by atoms with Crippen molar-refractivity contribution in [2.75, 3.05) is 0 Å². The molecule has 0 bridgehead atoms. The molecule has 116 valence electrons. The first-order chi connectivity index (χ1) is 11.1. The van der Waals surface area contributed by atoms with E-state index in [2.05, 4.69) is 0 Å². The Bertz CT molecular complexity index is 937. The number of aromatic hydroxyl groups is 2. The lowest BCUT2D eigenvalue weighted by Gasteiger charge is -2.08. The number of hydrogen-bond donors (Lipinski definition) is 2. The summed E-state index contributed by atoms with van der Waals surface area (Å²) >= 11 is 0. The zero-order valence-electron chi connectivity index (χ0n) is 12.6. The lowest BCUT2D eigenvalue weighted by Crippen LogP contribution is -2.02. The smallest absolute Gasteiger partial charge is 0.196 e. The molecule has 2 aromatic carbocycles. The van der Waals surface area contributed by atoms with Crippen LogP contribution in [0.5, 0.6) is 11.5 Å². The fourth-order valence-corrected chi connectivity index (χ4v) is 2.54. The van der Waals surface area contributed by atoms with Crippen molar-refractivity contribution in [3.63, 3.8) is 0 Å². The van der Waals surface area contributed by atoms with E-state index in [1.165, 1.54) is 12.1 Å². The fourth-order valence-electron chi connectivity index (χ4n) is 2.54. The van der Waals surface area contributed by atoms with Crippen molar-refractivity contribution in [3.05, 3.63) is 75.7 Å². The minimum atomic E-state index is -0.325. The van der Waals surface area contributed by atoms with Crippen LogP contribution in [0.4, 0.5) is 0 Å². The molecule has 0 amide bonds. The molecule has 0 aliphatic carbocycles. The SMILES string of the molecule is Cc1cc(=O)c2c(O)cc(O)c(C/C=C/c3ccccc3)c2o1. The molecule has 4 nitrogen and oxygen atoms in total. The standard InChI is InChI=1S/C19H16O4/c1-12-10-16(21)18-17(22)11-15(20)14(19(18)23-12)9-5-8-13-6-3-2-4-7-13/h2-8,10-11,20,22H,9H2,1H3/b8-5+. The maximum Gasteiger partial charge on any atom is 0.196 e. The second kappa shape index (κ2) is 6.01. The van der Waals surface area contributed by atoms with E-state index in [-0.39, 0.29) is 27.9 Å². The summed E-state index contributed by atoms with van der Waals surface area (Å²) in [5, 5.41) is 20.1. The number of rotatable bonds is 3. The molecule has 3 rings (SSSR count). The highest BCUT2D eigenvalue weighted by Crippen LogP contribution is 2.33. The van der Waals surface area contributed by atoms with E-state index >= 15 is 0 Å². The summed E-state index contributed by atoms with van der Waals surface area (Å²) in [4.78, 5) is 12.1. The van der Waals surface area contributed by atoms with Gasteiger partial charge in [-0.25, -0.2) is 0 Å². The summed E-state index contributed by atoms with van der Waals surface area (Å²) in [5.41, 5.74) is 1.42. The van der Waals surface area contributed by atoms with Crippen molar-refractivity contribution >= 4 is 17.0 Å². The van der Waals surface area contributed by atoms with Crippen LogP contribution in [0.3, 0.4) is 0 Å². The molecule has 1 aromatic heterocycles. The topological polar surface area (TPSA) is 70.7 Å². The van der Waals surface area contributed by atoms with Crippen LogP contribution in [0.1, 0.15) is 16.9 Å². The zero-order valence-corrected chi connectivity index (χ0v) is 12.6. The predicted molar refractivity (Wildman–Crippen MR) is 89.7 cm³/mol. The highest BCUT2D eigenvalue weighted by Gasteiger charge is 2.15. The number of phenols is 2. The second-order valence-corrected chi connectivity index (χ2v) is 5.34. The molecule has 0 unspecified atom stereocenters. The molecular weight excluding hydrogens is 292 g/mol. The predicted octanol–water partition coefficient (Wildman–Crippen LogP) is 3.77. The van der Waals surface area contributed by atoms with Crippen LogP contribution in [-0.2, 0) is 6.42 Å². The molecule has 0 saturated heterocycles. The molecule has 0 fully saturated rings. The first-order valence-corrected chi connectivity index (χ1v) is 7.26. The van der Waals surface area contributed by atoms with E-state index < -0.39 is 0 Å². The molecule has 2 N–H and O–H groups in total. The summed E-state index contributed by atoms with van der Waals surface area (Å²) in [5.74, 6) is 0.0595.